The van der Waals surface area contributed by atoms with Crippen LogP contribution >= 0.6 is 0 Å². The molecule has 0 amide bonds. The minimum atomic E-state index is -0.655. The van der Waals surface area contributed by atoms with Gasteiger partial charge in [-0.3, -0.25) is 9.78 Å². The highest BCUT2D eigenvalue weighted by Crippen LogP contribution is 2.38. The van der Waals surface area contributed by atoms with Crippen molar-refractivity contribution in [1.29, 1.82) is 0 Å². The van der Waals surface area contributed by atoms with Gasteiger partial charge in [0, 0.05) is 11.9 Å². The van der Waals surface area contributed by atoms with Crippen LogP contribution in [0, 0.1) is 5.92 Å². The number of carbonyl (C=O) groups excluding carboxylic acids is 1. The number of ketones is 1. The van der Waals surface area contributed by atoms with Gasteiger partial charge < -0.3 is 5.73 Å². The molecule has 1 aromatic rings. The van der Waals surface area contributed by atoms with Crippen LogP contribution in [0.5, 0.6) is 0 Å². The van der Waals surface area contributed by atoms with Gasteiger partial charge in [-0.1, -0.05) is 6.07 Å². The normalized spacial score (nSPS) is 19.6. The van der Waals surface area contributed by atoms with Crippen molar-refractivity contribution in [3.8, 4) is 0 Å². The largest absolute Gasteiger partial charge is 0.319 e. The van der Waals surface area contributed by atoms with Crippen LogP contribution in [0.3, 0.4) is 0 Å². The molecule has 1 unspecified atom stereocenters. The van der Waals surface area contributed by atoms with E-state index in [0.29, 0.717) is 12.3 Å². The summed E-state index contributed by atoms with van der Waals surface area (Å²) in [5.41, 5.74) is 6.19. The van der Waals surface area contributed by atoms with E-state index in [1.165, 1.54) is 0 Å². The second-order valence-electron chi connectivity index (χ2n) is 4.48. The Morgan fingerprint density at radius 1 is 1.60 bits per heavy atom. The highest BCUT2D eigenvalue weighted by Gasteiger charge is 2.43. The van der Waals surface area contributed by atoms with E-state index in [0.717, 1.165) is 18.5 Å². The van der Waals surface area contributed by atoms with Crippen LogP contribution in [-0.4, -0.2) is 16.3 Å². The molecule has 2 rings (SSSR count). The maximum absolute atomic E-state index is 12.0. The molecule has 1 heterocycles. The molecule has 0 aromatic carbocycles. The zero-order valence-electron chi connectivity index (χ0n) is 8.94. The molecular weight excluding hydrogens is 188 g/mol. The monoisotopic (exact) mass is 204 g/mol. The van der Waals surface area contributed by atoms with Crippen molar-refractivity contribution in [3.05, 3.63) is 30.1 Å². The molecule has 1 atom stereocenters. The van der Waals surface area contributed by atoms with Crippen LogP contribution in [0.15, 0.2) is 24.4 Å². The Labute approximate surface area is 89.7 Å². The molecule has 1 aromatic heterocycles. The third-order valence-corrected chi connectivity index (χ3v) is 3.09. The molecule has 0 bridgehead atoms. The van der Waals surface area contributed by atoms with E-state index >= 15 is 0 Å². The predicted molar refractivity (Wildman–Crippen MR) is 58.3 cm³/mol. The number of aromatic nitrogens is 1. The van der Waals surface area contributed by atoms with Crippen molar-refractivity contribution in [2.45, 2.75) is 31.7 Å². The van der Waals surface area contributed by atoms with Crippen molar-refractivity contribution in [2.75, 3.05) is 0 Å². The van der Waals surface area contributed by atoms with Crippen LogP contribution in [0.25, 0.3) is 0 Å². The van der Waals surface area contributed by atoms with Gasteiger partial charge >= 0.3 is 0 Å². The van der Waals surface area contributed by atoms with Crippen molar-refractivity contribution in [3.63, 3.8) is 0 Å². The minimum Gasteiger partial charge on any atom is -0.319 e. The lowest BCUT2D eigenvalue weighted by Gasteiger charge is -2.22. The summed E-state index contributed by atoms with van der Waals surface area (Å²) in [6, 6.07) is 5.60. The molecule has 3 nitrogen and oxygen atoms in total. The first-order chi connectivity index (χ1) is 7.10. The molecule has 2 N–H and O–H groups in total. The summed E-state index contributed by atoms with van der Waals surface area (Å²) in [6.45, 7) is 1.84. The number of hydrogen-bond donors (Lipinski definition) is 1. The lowest BCUT2D eigenvalue weighted by molar-refractivity contribution is -0.123. The van der Waals surface area contributed by atoms with Crippen molar-refractivity contribution < 1.29 is 4.79 Å². The average molecular weight is 204 g/mol. The molecule has 1 fully saturated rings. The fourth-order valence-corrected chi connectivity index (χ4v) is 1.77. The Bertz CT molecular complexity index is 355. The Morgan fingerprint density at radius 3 is 2.87 bits per heavy atom. The van der Waals surface area contributed by atoms with Crippen LogP contribution in [-0.2, 0) is 11.2 Å². The lowest BCUT2D eigenvalue weighted by atomic mass is 9.89. The van der Waals surface area contributed by atoms with Gasteiger partial charge in [-0.25, -0.2) is 0 Å². The number of nitrogens with zero attached hydrogens (tertiary/aromatic N) is 1. The maximum Gasteiger partial charge on any atom is 0.158 e. The van der Waals surface area contributed by atoms with Crippen molar-refractivity contribution in [1.82, 2.24) is 4.98 Å². The smallest absolute Gasteiger partial charge is 0.158 e. The topological polar surface area (TPSA) is 56.0 Å². The van der Waals surface area contributed by atoms with Gasteiger partial charge in [0.25, 0.3) is 0 Å². The zero-order chi connectivity index (χ0) is 10.9. The quantitative estimate of drug-likeness (QED) is 0.804. The highest BCUT2D eigenvalue weighted by atomic mass is 16.1. The van der Waals surface area contributed by atoms with Gasteiger partial charge in [0.05, 0.1) is 12.0 Å². The molecule has 0 aliphatic heterocycles. The molecule has 80 valence electrons. The van der Waals surface area contributed by atoms with Crippen molar-refractivity contribution >= 4 is 5.78 Å². The van der Waals surface area contributed by atoms with Crippen LogP contribution < -0.4 is 5.73 Å². The van der Waals surface area contributed by atoms with E-state index in [-0.39, 0.29) is 5.78 Å². The summed E-state index contributed by atoms with van der Waals surface area (Å²) in [5.74, 6) is 0.484. The maximum atomic E-state index is 12.0. The molecule has 1 saturated carbocycles. The van der Waals surface area contributed by atoms with Crippen LogP contribution in [0.1, 0.15) is 25.5 Å². The summed E-state index contributed by atoms with van der Waals surface area (Å²) >= 11 is 0. The molecule has 0 spiro atoms. The van der Waals surface area contributed by atoms with E-state index < -0.39 is 5.54 Å². The number of carbonyl (C=O) groups is 1. The van der Waals surface area contributed by atoms with Gasteiger partial charge in [-0.05, 0) is 37.8 Å². The molecule has 15 heavy (non-hydrogen) atoms. The first-order valence-electron chi connectivity index (χ1n) is 5.33. The van der Waals surface area contributed by atoms with Gasteiger partial charge in [0.15, 0.2) is 5.78 Å². The SMILES string of the molecule is CC(N)(C(=O)Cc1ccccn1)C1CC1. The van der Waals surface area contributed by atoms with E-state index in [9.17, 15) is 4.79 Å². The van der Waals surface area contributed by atoms with Crippen LogP contribution in [0.2, 0.25) is 0 Å². The summed E-state index contributed by atoms with van der Waals surface area (Å²) in [4.78, 5) is 16.1. The number of pyridine rings is 1. The molecule has 1 aliphatic rings. The molecule has 0 radical (unpaired) electrons. The molecule has 0 saturated heterocycles. The van der Waals surface area contributed by atoms with E-state index in [2.05, 4.69) is 4.98 Å². The van der Waals surface area contributed by atoms with Crippen LogP contribution in [0.4, 0.5) is 0 Å². The third kappa shape index (κ3) is 2.23. The summed E-state index contributed by atoms with van der Waals surface area (Å²) in [5, 5.41) is 0. The third-order valence-electron chi connectivity index (χ3n) is 3.09. The molecule has 1 aliphatic carbocycles. The van der Waals surface area contributed by atoms with Gasteiger partial charge in [-0.15, -0.1) is 0 Å². The standard InChI is InChI=1S/C12H16N2O/c1-12(13,9-5-6-9)11(15)8-10-4-2-3-7-14-10/h2-4,7,9H,5-6,8,13H2,1H3. The summed E-state index contributed by atoms with van der Waals surface area (Å²) in [6.07, 6.45) is 4.22. The highest BCUT2D eigenvalue weighted by molar-refractivity contribution is 5.90. The Kier molecular flexibility index (Phi) is 2.57. The Hall–Kier alpha value is -1.22. The zero-order valence-corrected chi connectivity index (χ0v) is 8.94. The summed E-state index contributed by atoms with van der Waals surface area (Å²) in [7, 11) is 0. The second-order valence-corrected chi connectivity index (χ2v) is 4.48. The van der Waals surface area contributed by atoms with Crippen molar-refractivity contribution in [2.24, 2.45) is 11.7 Å². The first-order valence-corrected chi connectivity index (χ1v) is 5.33. The fraction of sp³-hybridized carbons (Fsp3) is 0.500. The number of Topliss-reactive ketones (excluding diaryl/α,β-unsaturated/α-hetero) is 1. The van der Waals surface area contributed by atoms with Gasteiger partial charge in [0.2, 0.25) is 0 Å². The van der Waals surface area contributed by atoms with E-state index in [1.807, 2.05) is 25.1 Å². The van der Waals surface area contributed by atoms with Gasteiger partial charge in [0.1, 0.15) is 0 Å². The fourth-order valence-electron chi connectivity index (χ4n) is 1.77. The van der Waals surface area contributed by atoms with Gasteiger partial charge in [-0.2, -0.15) is 0 Å². The molecule has 3 heteroatoms. The summed E-state index contributed by atoms with van der Waals surface area (Å²) < 4.78 is 0. The Morgan fingerprint density at radius 2 is 2.33 bits per heavy atom. The predicted octanol–water partition coefficient (Wildman–Crippen LogP) is 1.32. The minimum absolute atomic E-state index is 0.101. The number of nitrogens with two attached hydrogens (primary N) is 1. The Balaban J connectivity index is 2.03. The van der Waals surface area contributed by atoms with E-state index in [1.54, 1.807) is 6.20 Å². The lowest BCUT2D eigenvalue weighted by Crippen LogP contribution is -2.48. The van der Waals surface area contributed by atoms with E-state index in [4.69, 9.17) is 5.73 Å². The molecular formula is C12H16N2O. The number of hydrogen-bond acceptors (Lipinski definition) is 3. The average Bonchev–Trinajstić information content (AvgIpc) is 3.02. The second kappa shape index (κ2) is 3.74. The number of rotatable bonds is 4. The first kappa shape index (κ1) is 10.3.